The number of likely N-dealkylation sites (N-methyl/N-ethyl adjacent to an activating group) is 1. The number of halogens is 4. The molecule has 2 amide bonds. The van der Waals surface area contributed by atoms with E-state index in [-0.39, 0.29) is 34.6 Å². The van der Waals surface area contributed by atoms with Gasteiger partial charge in [-0.1, -0.05) is 47.8 Å². The minimum absolute atomic E-state index is 0.0165. The summed E-state index contributed by atoms with van der Waals surface area (Å²) in [6, 6.07) is 7.26. The quantitative estimate of drug-likeness (QED) is 0.470. The third kappa shape index (κ3) is 7.21. The summed E-state index contributed by atoms with van der Waals surface area (Å²) < 4.78 is 39.5. The molecule has 0 heterocycles. The van der Waals surface area contributed by atoms with Crippen molar-refractivity contribution >= 4 is 62.3 Å². The first kappa shape index (κ1) is 28.2. The van der Waals surface area contributed by atoms with Gasteiger partial charge in [0.2, 0.25) is 21.8 Å². The van der Waals surface area contributed by atoms with Gasteiger partial charge in [-0.2, -0.15) is 0 Å². The average Bonchev–Trinajstić information content (AvgIpc) is 2.75. The molecule has 12 heteroatoms. The van der Waals surface area contributed by atoms with Crippen molar-refractivity contribution in [2.24, 2.45) is 0 Å². The van der Waals surface area contributed by atoms with Gasteiger partial charge in [0, 0.05) is 13.1 Å². The highest BCUT2D eigenvalue weighted by Crippen LogP contribution is 2.26. The summed E-state index contributed by atoms with van der Waals surface area (Å²) in [5.74, 6) is -1.75. The minimum atomic E-state index is -3.96. The summed E-state index contributed by atoms with van der Waals surface area (Å²) in [6.45, 7) is 3.20. The Bertz CT molecular complexity index is 1160. The Morgan fingerprint density at radius 3 is 2.24 bits per heavy atom. The van der Waals surface area contributed by atoms with Crippen LogP contribution in [0.15, 0.2) is 36.4 Å². The average molecular weight is 553 g/mol. The Labute approximate surface area is 213 Å². The van der Waals surface area contributed by atoms with Crippen LogP contribution in [0.2, 0.25) is 15.1 Å². The Kier molecular flexibility index (Phi) is 9.99. The van der Waals surface area contributed by atoms with Gasteiger partial charge in [0.1, 0.15) is 18.4 Å². The van der Waals surface area contributed by atoms with E-state index in [9.17, 15) is 22.4 Å². The minimum Gasteiger partial charge on any atom is -0.355 e. The predicted molar refractivity (Wildman–Crippen MR) is 133 cm³/mol. The van der Waals surface area contributed by atoms with Gasteiger partial charge in [-0.05, 0) is 49.2 Å². The van der Waals surface area contributed by atoms with Crippen LogP contribution in [-0.4, -0.2) is 50.5 Å². The molecule has 0 saturated heterocycles. The highest BCUT2D eigenvalue weighted by Gasteiger charge is 2.31. The fraction of sp³-hybridized carbons (Fsp3) is 0.364. The number of carbonyl (C=O) groups is 2. The highest BCUT2D eigenvalue weighted by atomic mass is 35.5. The zero-order valence-electron chi connectivity index (χ0n) is 18.8. The van der Waals surface area contributed by atoms with Crippen LogP contribution in [0.3, 0.4) is 0 Å². The van der Waals surface area contributed by atoms with E-state index in [1.165, 1.54) is 11.0 Å². The van der Waals surface area contributed by atoms with E-state index in [4.69, 9.17) is 34.8 Å². The van der Waals surface area contributed by atoms with Crippen LogP contribution in [0.4, 0.5) is 10.1 Å². The number of sulfonamides is 1. The van der Waals surface area contributed by atoms with Crippen molar-refractivity contribution in [3.8, 4) is 0 Å². The third-order valence-corrected chi connectivity index (χ3v) is 7.11. The summed E-state index contributed by atoms with van der Waals surface area (Å²) in [4.78, 5) is 27.5. The van der Waals surface area contributed by atoms with Crippen molar-refractivity contribution in [3.05, 3.63) is 62.8 Å². The van der Waals surface area contributed by atoms with Crippen LogP contribution in [0.1, 0.15) is 25.8 Å². The molecule has 2 rings (SSSR count). The lowest BCUT2D eigenvalue weighted by atomic mass is 10.1. The maximum Gasteiger partial charge on any atom is 0.244 e. The topological polar surface area (TPSA) is 86.8 Å². The standard InChI is InChI=1S/C22H25Cl3FN3O4S/c1-4-20(22(31)27-5-2)28(12-14-6-8-16(23)17(24)10-14)21(30)13-29(34(3,32)33)15-7-9-19(26)18(25)11-15/h6-11,20H,4-5,12-13H2,1-3H3,(H,27,31). The third-order valence-electron chi connectivity index (χ3n) is 4.94. The van der Waals surface area contributed by atoms with Gasteiger partial charge < -0.3 is 10.2 Å². The van der Waals surface area contributed by atoms with Gasteiger partial charge >= 0.3 is 0 Å². The Morgan fingerprint density at radius 2 is 1.71 bits per heavy atom. The van der Waals surface area contributed by atoms with E-state index < -0.39 is 34.3 Å². The van der Waals surface area contributed by atoms with Gasteiger partial charge in [-0.15, -0.1) is 0 Å². The number of hydrogen-bond acceptors (Lipinski definition) is 4. The molecule has 0 bridgehead atoms. The van der Waals surface area contributed by atoms with Crippen LogP contribution in [0.25, 0.3) is 0 Å². The summed E-state index contributed by atoms with van der Waals surface area (Å²) in [7, 11) is -3.96. The molecule has 0 spiro atoms. The molecule has 7 nitrogen and oxygen atoms in total. The van der Waals surface area contributed by atoms with Crippen molar-refractivity contribution < 1.29 is 22.4 Å². The van der Waals surface area contributed by atoms with E-state index in [1.54, 1.807) is 32.0 Å². The second kappa shape index (κ2) is 12.1. The van der Waals surface area contributed by atoms with E-state index >= 15 is 0 Å². The summed E-state index contributed by atoms with van der Waals surface area (Å²) in [5.41, 5.74) is 0.615. The molecular formula is C22H25Cl3FN3O4S. The van der Waals surface area contributed by atoms with Gasteiger partial charge in [-0.3, -0.25) is 13.9 Å². The van der Waals surface area contributed by atoms with Crippen molar-refractivity contribution in [1.29, 1.82) is 0 Å². The second-order valence-corrected chi connectivity index (χ2v) is 10.6. The number of rotatable bonds is 10. The largest absolute Gasteiger partial charge is 0.355 e. The highest BCUT2D eigenvalue weighted by molar-refractivity contribution is 7.92. The molecule has 0 aromatic heterocycles. The van der Waals surface area contributed by atoms with Gasteiger partial charge in [0.25, 0.3) is 0 Å². The smallest absolute Gasteiger partial charge is 0.244 e. The van der Waals surface area contributed by atoms with Gasteiger partial charge in [0.05, 0.1) is 27.0 Å². The number of carbonyl (C=O) groups excluding carboxylic acids is 2. The van der Waals surface area contributed by atoms with Gasteiger partial charge in [0.15, 0.2) is 0 Å². The lowest BCUT2D eigenvalue weighted by molar-refractivity contribution is -0.140. The van der Waals surface area contributed by atoms with Crippen LogP contribution >= 0.6 is 34.8 Å². The first-order chi connectivity index (χ1) is 15.9. The number of anilines is 1. The normalized spacial score (nSPS) is 12.2. The second-order valence-electron chi connectivity index (χ2n) is 7.46. The molecule has 0 saturated carbocycles. The van der Waals surface area contributed by atoms with Crippen molar-refractivity contribution in [2.75, 3.05) is 23.7 Å². The molecule has 0 fully saturated rings. The molecule has 1 N–H and O–H groups in total. The Balaban J connectivity index is 2.47. The lowest BCUT2D eigenvalue weighted by Crippen LogP contribution is -2.52. The summed E-state index contributed by atoms with van der Waals surface area (Å²) in [6.07, 6.45) is 1.20. The number of nitrogens with one attached hydrogen (secondary N) is 1. The van der Waals surface area contributed by atoms with E-state index in [0.29, 0.717) is 17.1 Å². The van der Waals surface area contributed by atoms with E-state index in [1.807, 2.05) is 0 Å². The first-order valence-corrected chi connectivity index (χ1v) is 13.3. The van der Waals surface area contributed by atoms with Crippen LogP contribution in [0.5, 0.6) is 0 Å². The van der Waals surface area contributed by atoms with Gasteiger partial charge in [-0.25, -0.2) is 12.8 Å². The molecule has 1 unspecified atom stereocenters. The fourth-order valence-corrected chi connectivity index (χ4v) is 4.64. The number of benzene rings is 2. The Morgan fingerprint density at radius 1 is 1.03 bits per heavy atom. The summed E-state index contributed by atoms with van der Waals surface area (Å²) >= 11 is 17.9. The van der Waals surface area contributed by atoms with Crippen molar-refractivity contribution in [2.45, 2.75) is 32.9 Å². The lowest BCUT2D eigenvalue weighted by Gasteiger charge is -2.33. The Hall–Kier alpha value is -2.07. The molecule has 2 aromatic carbocycles. The van der Waals surface area contributed by atoms with Crippen molar-refractivity contribution in [1.82, 2.24) is 10.2 Å². The molecular weight excluding hydrogens is 528 g/mol. The van der Waals surface area contributed by atoms with Crippen LogP contribution < -0.4 is 9.62 Å². The van der Waals surface area contributed by atoms with E-state index in [2.05, 4.69) is 5.32 Å². The monoisotopic (exact) mass is 551 g/mol. The van der Waals surface area contributed by atoms with Crippen molar-refractivity contribution in [3.63, 3.8) is 0 Å². The molecule has 34 heavy (non-hydrogen) atoms. The first-order valence-electron chi connectivity index (χ1n) is 10.3. The zero-order valence-corrected chi connectivity index (χ0v) is 21.9. The molecule has 0 radical (unpaired) electrons. The number of nitrogens with zero attached hydrogens (tertiary/aromatic N) is 2. The fourth-order valence-electron chi connectivity index (χ4n) is 3.30. The predicted octanol–water partition coefficient (Wildman–Crippen LogP) is 4.50. The molecule has 186 valence electrons. The number of amides is 2. The molecule has 2 aromatic rings. The summed E-state index contributed by atoms with van der Waals surface area (Å²) in [5, 5.41) is 3.01. The van der Waals surface area contributed by atoms with Crippen LogP contribution in [0, 0.1) is 5.82 Å². The molecule has 0 aliphatic heterocycles. The number of hydrogen-bond donors (Lipinski definition) is 1. The molecule has 0 aliphatic rings. The molecule has 1 atom stereocenters. The zero-order chi connectivity index (χ0) is 25.6. The maximum atomic E-state index is 13.6. The van der Waals surface area contributed by atoms with Crippen LogP contribution in [-0.2, 0) is 26.2 Å². The molecule has 0 aliphatic carbocycles. The van der Waals surface area contributed by atoms with E-state index in [0.717, 1.165) is 22.7 Å². The SMILES string of the molecule is CCNC(=O)C(CC)N(Cc1ccc(Cl)c(Cl)c1)C(=O)CN(c1ccc(F)c(Cl)c1)S(C)(=O)=O. The maximum absolute atomic E-state index is 13.6.